The minimum absolute atomic E-state index is 0.0252. The van der Waals surface area contributed by atoms with E-state index in [2.05, 4.69) is 62.4 Å². The maximum Gasteiger partial charge on any atom is 0.116 e. The highest BCUT2D eigenvalue weighted by Gasteiger charge is 2.43. The first kappa shape index (κ1) is 13.7. The highest BCUT2D eigenvalue weighted by atomic mass is 16.7. The van der Waals surface area contributed by atoms with E-state index in [1.165, 1.54) is 35.0 Å². The fourth-order valence-electron chi connectivity index (χ4n) is 2.85. The van der Waals surface area contributed by atoms with Crippen molar-refractivity contribution in [2.75, 3.05) is 0 Å². The molecule has 0 spiro atoms. The predicted octanol–water partition coefficient (Wildman–Crippen LogP) is 4.21. The molecule has 0 radical (unpaired) electrons. The molecular weight excluding hydrogens is 248 g/mol. The van der Waals surface area contributed by atoms with Crippen molar-refractivity contribution in [1.82, 2.24) is 10.5 Å². The molecule has 3 rings (SSSR count). The molecule has 1 heterocycles. The van der Waals surface area contributed by atoms with Gasteiger partial charge in [-0.2, -0.15) is 5.48 Å². The van der Waals surface area contributed by atoms with Gasteiger partial charge in [0.05, 0.1) is 5.69 Å². The van der Waals surface area contributed by atoms with Gasteiger partial charge in [-0.1, -0.05) is 25.1 Å². The second kappa shape index (κ2) is 4.90. The van der Waals surface area contributed by atoms with E-state index >= 15 is 0 Å². The number of nitrogens with one attached hydrogen (secondary N) is 2. The summed E-state index contributed by atoms with van der Waals surface area (Å²) in [7, 11) is 0. The van der Waals surface area contributed by atoms with Crippen molar-refractivity contribution in [3.05, 3.63) is 35.5 Å². The van der Waals surface area contributed by atoms with Gasteiger partial charge in [-0.3, -0.25) is 4.84 Å². The van der Waals surface area contributed by atoms with Gasteiger partial charge < -0.3 is 4.98 Å². The molecule has 1 aliphatic carbocycles. The summed E-state index contributed by atoms with van der Waals surface area (Å²) in [5.74, 6) is 0. The smallest absolute Gasteiger partial charge is 0.116 e. The monoisotopic (exact) mass is 272 g/mol. The van der Waals surface area contributed by atoms with Crippen molar-refractivity contribution in [1.29, 1.82) is 0 Å². The van der Waals surface area contributed by atoms with Gasteiger partial charge in [0, 0.05) is 16.9 Å². The Hall–Kier alpha value is -1.32. The summed E-state index contributed by atoms with van der Waals surface area (Å²) in [5, 5.41) is 1.35. The highest BCUT2D eigenvalue weighted by Crippen LogP contribution is 2.52. The highest BCUT2D eigenvalue weighted by molar-refractivity contribution is 5.86. The summed E-state index contributed by atoms with van der Waals surface area (Å²) in [4.78, 5) is 9.37. The second-order valence-corrected chi connectivity index (χ2v) is 6.55. The number of hydrogen-bond acceptors (Lipinski definition) is 2. The summed E-state index contributed by atoms with van der Waals surface area (Å²) < 4.78 is 0. The van der Waals surface area contributed by atoms with Crippen LogP contribution in [0.1, 0.15) is 57.9 Å². The second-order valence-electron chi connectivity index (χ2n) is 6.55. The Balaban J connectivity index is 2.01. The zero-order chi connectivity index (χ0) is 14.3. The normalized spacial score (nSPS) is 18.6. The predicted molar refractivity (Wildman–Crippen MR) is 82.7 cm³/mol. The quantitative estimate of drug-likeness (QED) is 0.800. The zero-order valence-electron chi connectivity index (χ0n) is 12.8. The summed E-state index contributed by atoms with van der Waals surface area (Å²) in [6.45, 7) is 8.63. The minimum atomic E-state index is 0.0252. The molecule has 2 aromatic rings. The average Bonchev–Trinajstić information content (AvgIpc) is 3.03. The van der Waals surface area contributed by atoms with Crippen LogP contribution in [0.4, 0.5) is 0 Å². The summed E-state index contributed by atoms with van der Waals surface area (Å²) in [5.41, 5.74) is 7.28. The molecule has 3 nitrogen and oxygen atoms in total. The molecule has 1 aromatic carbocycles. The first-order valence-electron chi connectivity index (χ1n) is 7.53. The maximum atomic E-state index is 5.80. The lowest BCUT2D eigenvalue weighted by Gasteiger charge is -2.19. The number of aromatic nitrogens is 1. The van der Waals surface area contributed by atoms with Crippen LogP contribution in [-0.4, -0.2) is 11.0 Å². The molecular formula is C17H24N2O. The number of H-pyrrole nitrogens is 1. The van der Waals surface area contributed by atoms with Crippen LogP contribution in [0.25, 0.3) is 10.9 Å². The van der Waals surface area contributed by atoms with Crippen LogP contribution in [0, 0.1) is 0 Å². The lowest BCUT2D eigenvalue weighted by molar-refractivity contribution is -0.0325. The molecule has 1 fully saturated rings. The van der Waals surface area contributed by atoms with E-state index in [9.17, 15) is 0 Å². The molecule has 0 amide bonds. The molecule has 1 aliphatic rings. The number of fused-ring (bicyclic) bond motifs is 1. The van der Waals surface area contributed by atoms with Crippen molar-refractivity contribution >= 4 is 10.9 Å². The van der Waals surface area contributed by atoms with Gasteiger partial charge in [0.15, 0.2) is 0 Å². The molecule has 0 bridgehead atoms. The average molecular weight is 272 g/mol. The van der Waals surface area contributed by atoms with Gasteiger partial charge in [-0.15, -0.1) is 0 Å². The van der Waals surface area contributed by atoms with E-state index in [-0.39, 0.29) is 6.10 Å². The van der Waals surface area contributed by atoms with Gasteiger partial charge in [-0.25, -0.2) is 0 Å². The standard InChI is InChI=1S/C17H24N2O/c1-11(2)19-20-12(3)16-15(17(4)9-10-17)13-7-5-6-8-14(13)18-16/h5-8,11-12,18-19H,9-10H2,1-4H3. The fraction of sp³-hybridized carbons (Fsp3) is 0.529. The topological polar surface area (TPSA) is 37.0 Å². The molecule has 1 atom stereocenters. The van der Waals surface area contributed by atoms with E-state index in [1.807, 2.05) is 0 Å². The van der Waals surface area contributed by atoms with Crippen molar-refractivity contribution in [2.24, 2.45) is 0 Å². The third kappa shape index (κ3) is 2.36. The van der Waals surface area contributed by atoms with E-state index in [1.54, 1.807) is 0 Å². The van der Waals surface area contributed by atoms with Crippen LogP contribution in [0.2, 0.25) is 0 Å². The Morgan fingerprint density at radius 2 is 1.90 bits per heavy atom. The van der Waals surface area contributed by atoms with E-state index in [4.69, 9.17) is 4.84 Å². The van der Waals surface area contributed by atoms with Gasteiger partial charge >= 0.3 is 0 Å². The van der Waals surface area contributed by atoms with Gasteiger partial charge in [-0.05, 0) is 50.7 Å². The van der Waals surface area contributed by atoms with Crippen LogP contribution in [0.15, 0.2) is 24.3 Å². The third-order valence-corrected chi connectivity index (χ3v) is 4.23. The Morgan fingerprint density at radius 1 is 1.20 bits per heavy atom. The molecule has 0 aliphatic heterocycles. The number of hydrogen-bond donors (Lipinski definition) is 2. The Morgan fingerprint density at radius 3 is 2.55 bits per heavy atom. The zero-order valence-corrected chi connectivity index (χ0v) is 12.8. The SMILES string of the molecule is CC(C)NOC(C)c1[nH]c2ccccc2c1C1(C)CC1. The van der Waals surface area contributed by atoms with Crippen molar-refractivity contribution in [2.45, 2.75) is 58.1 Å². The van der Waals surface area contributed by atoms with Gasteiger partial charge in [0.25, 0.3) is 0 Å². The van der Waals surface area contributed by atoms with Gasteiger partial charge in [0.1, 0.15) is 6.10 Å². The number of aromatic amines is 1. The van der Waals surface area contributed by atoms with Crippen molar-refractivity contribution in [3.8, 4) is 0 Å². The number of benzene rings is 1. The van der Waals surface area contributed by atoms with Crippen molar-refractivity contribution < 1.29 is 4.84 Å². The van der Waals surface area contributed by atoms with Gasteiger partial charge in [0.2, 0.25) is 0 Å². The largest absolute Gasteiger partial charge is 0.356 e. The van der Waals surface area contributed by atoms with Crippen LogP contribution >= 0.6 is 0 Å². The Labute approximate surface area is 120 Å². The molecule has 108 valence electrons. The van der Waals surface area contributed by atoms with Crippen LogP contribution in [0.3, 0.4) is 0 Å². The molecule has 1 saturated carbocycles. The van der Waals surface area contributed by atoms with Crippen LogP contribution in [-0.2, 0) is 10.3 Å². The minimum Gasteiger partial charge on any atom is -0.356 e. The molecule has 1 aromatic heterocycles. The van der Waals surface area contributed by atoms with E-state index < -0.39 is 0 Å². The van der Waals surface area contributed by atoms with Crippen LogP contribution in [0.5, 0.6) is 0 Å². The first-order chi connectivity index (χ1) is 9.51. The third-order valence-electron chi connectivity index (χ3n) is 4.23. The number of para-hydroxylation sites is 1. The van der Waals surface area contributed by atoms with Crippen molar-refractivity contribution in [3.63, 3.8) is 0 Å². The Bertz CT molecular complexity index is 610. The first-order valence-corrected chi connectivity index (χ1v) is 7.53. The molecule has 0 saturated heterocycles. The Kier molecular flexibility index (Phi) is 3.35. The van der Waals surface area contributed by atoms with E-state index in [0.717, 1.165) is 0 Å². The fourth-order valence-corrected chi connectivity index (χ4v) is 2.85. The summed E-state index contributed by atoms with van der Waals surface area (Å²) >= 11 is 0. The summed E-state index contributed by atoms with van der Waals surface area (Å²) in [6.07, 6.45) is 2.57. The lowest BCUT2D eigenvalue weighted by Crippen LogP contribution is -2.25. The number of hydroxylamine groups is 1. The number of rotatable bonds is 5. The molecule has 20 heavy (non-hydrogen) atoms. The molecule has 1 unspecified atom stereocenters. The summed E-state index contributed by atoms with van der Waals surface area (Å²) in [6, 6.07) is 8.89. The van der Waals surface area contributed by atoms with Crippen LogP contribution < -0.4 is 5.48 Å². The van der Waals surface area contributed by atoms with E-state index in [0.29, 0.717) is 11.5 Å². The maximum absolute atomic E-state index is 5.80. The molecule has 3 heteroatoms. The molecule has 2 N–H and O–H groups in total. The lowest BCUT2D eigenvalue weighted by atomic mass is 9.93.